The van der Waals surface area contributed by atoms with Gasteiger partial charge in [-0.2, -0.15) is 4.31 Å². The van der Waals surface area contributed by atoms with Crippen LogP contribution in [0.5, 0.6) is 5.75 Å². The highest BCUT2D eigenvalue weighted by Crippen LogP contribution is 2.31. The fourth-order valence-electron chi connectivity index (χ4n) is 3.89. The van der Waals surface area contributed by atoms with Crippen LogP contribution in [0.2, 0.25) is 0 Å². The van der Waals surface area contributed by atoms with Gasteiger partial charge in [-0.1, -0.05) is 24.6 Å². The molecule has 1 amide bonds. The van der Waals surface area contributed by atoms with Crippen LogP contribution >= 0.6 is 0 Å². The van der Waals surface area contributed by atoms with Crippen molar-refractivity contribution in [2.75, 3.05) is 25.0 Å². The van der Waals surface area contributed by atoms with E-state index in [1.807, 2.05) is 0 Å². The number of hydrogen-bond donors (Lipinski definition) is 2. The number of benzene rings is 2. The molecule has 1 aliphatic heterocycles. The molecule has 4 rings (SSSR count). The minimum Gasteiger partial charge on any atom is -0.492 e. The lowest BCUT2D eigenvalue weighted by molar-refractivity contribution is 0.102. The number of ether oxygens (including phenoxy) is 1. The van der Waals surface area contributed by atoms with E-state index in [2.05, 4.69) is 10.3 Å². The number of nitrogens with one attached hydrogen (secondary N) is 2. The van der Waals surface area contributed by atoms with Crippen molar-refractivity contribution in [2.24, 2.45) is 0 Å². The lowest BCUT2D eigenvalue weighted by Crippen LogP contribution is -2.35. The van der Waals surface area contributed by atoms with Gasteiger partial charge in [0.25, 0.3) is 5.91 Å². The van der Waals surface area contributed by atoms with Crippen molar-refractivity contribution in [3.05, 3.63) is 64.4 Å². The normalized spacial score (nSPS) is 14.9. The van der Waals surface area contributed by atoms with Gasteiger partial charge in [-0.25, -0.2) is 8.42 Å². The first-order valence-electron chi connectivity index (χ1n) is 10.6. The predicted molar refractivity (Wildman–Crippen MR) is 123 cm³/mol. The maximum absolute atomic E-state index is 13.1. The summed E-state index contributed by atoms with van der Waals surface area (Å²) in [6, 6.07) is 12.7. The van der Waals surface area contributed by atoms with Crippen LogP contribution in [-0.4, -0.2) is 43.3 Å². The van der Waals surface area contributed by atoms with Crippen LogP contribution in [0.25, 0.3) is 10.9 Å². The third kappa shape index (κ3) is 4.39. The standard InChI is InChI=1S/C23H25N3O5S/c1-2-31-21-11-10-16(32(29,30)26-12-6-3-7-13-26)14-20(21)25-23(28)18-15-22(27)24-19-9-5-4-8-17(18)19/h4-5,8-11,14-15H,2-3,6-7,12-13H2,1H3,(H,24,27)(H,25,28). The number of rotatable bonds is 6. The van der Waals surface area contributed by atoms with Gasteiger partial charge < -0.3 is 15.0 Å². The Kier molecular flexibility index (Phi) is 6.29. The number of hydrogen-bond acceptors (Lipinski definition) is 5. The number of aromatic nitrogens is 1. The van der Waals surface area contributed by atoms with Crippen LogP contribution in [0.1, 0.15) is 36.5 Å². The zero-order valence-electron chi connectivity index (χ0n) is 17.8. The van der Waals surface area contributed by atoms with E-state index in [4.69, 9.17) is 4.74 Å². The van der Waals surface area contributed by atoms with Gasteiger partial charge >= 0.3 is 0 Å². The smallest absolute Gasteiger partial charge is 0.256 e. The Morgan fingerprint density at radius 2 is 1.84 bits per heavy atom. The molecule has 1 aliphatic rings. The van der Waals surface area contributed by atoms with Gasteiger partial charge in [0.2, 0.25) is 15.6 Å². The molecule has 0 unspecified atom stereocenters. The summed E-state index contributed by atoms with van der Waals surface area (Å²) in [5.74, 6) is -0.173. The molecule has 3 aromatic rings. The fraction of sp³-hybridized carbons (Fsp3) is 0.304. The Hall–Kier alpha value is -3.17. The molecule has 8 nitrogen and oxygen atoms in total. The van der Waals surface area contributed by atoms with Crippen LogP contribution in [0.3, 0.4) is 0 Å². The van der Waals surface area contributed by atoms with Gasteiger partial charge in [0, 0.05) is 30.1 Å². The summed E-state index contributed by atoms with van der Waals surface area (Å²) in [5.41, 5.74) is 0.562. The molecule has 0 atom stereocenters. The summed E-state index contributed by atoms with van der Waals surface area (Å²) in [7, 11) is -3.69. The molecular formula is C23H25N3O5S. The molecule has 32 heavy (non-hydrogen) atoms. The van der Waals surface area contributed by atoms with Crippen molar-refractivity contribution >= 4 is 32.5 Å². The van der Waals surface area contributed by atoms with Gasteiger partial charge in [-0.15, -0.1) is 0 Å². The zero-order valence-corrected chi connectivity index (χ0v) is 18.6. The molecular weight excluding hydrogens is 430 g/mol. The molecule has 2 heterocycles. The minimum absolute atomic E-state index is 0.0916. The van der Waals surface area contributed by atoms with Crippen LogP contribution in [0, 0.1) is 0 Å². The van der Waals surface area contributed by atoms with Crippen LogP contribution < -0.4 is 15.6 Å². The molecule has 9 heteroatoms. The number of amides is 1. The lowest BCUT2D eigenvalue weighted by atomic mass is 10.1. The number of aromatic amines is 1. The highest BCUT2D eigenvalue weighted by atomic mass is 32.2. The Morgan fingerprint density at radius 3 is 2.59 bits per heavy atom. The molecule has 0 spiro atoms. The molecule has 1 saturated heterocycles. The van der Waals surface area contributed by atoms with Gasteiger partial charge in [-0.05, 0) is 44.0 Å². The van der Waals surface area contributed by atoms with E-state index in [1.165, 1.54) is 22.5 Å². The third-order valence-electron chi connectivity index (χ3n) is 5.45. The number of nitrogens with zero attached hydrogens (tertiary/aromatic N) is 1. The number of piperidine rings is 1. The van der Waals surface area contributed by atoms with E-state index >= 15 is 0 Å². The molecule has 2 aromatic carbocycles. The van der Waals surface area contributed by atoms with E-state index in [0.717, 1.165) is 19.3 Å². The van der Waals surface area contributed by atoms with Gasteiger partial charge in [-0.3, -0.25) is 9.59 Å². The number of carbonyl (C=O) groups is 1. The molecule has 0 aliphatic carbocycles. The van der Waals surface area contributed by atoms with Crippen molar-refractivity contribution in [3.8, 4) is 5.75 Å². The maximum atomic E-state index is 13.1. The third-order valence-corrected chi connectivity index (χ3v) is 7.34. The Morgan fingerprint density at radius 1 is 1.09 bits per heavy atom. The first-order valence-corrected chi connectivity index (χ1v) is 12.0. The van der Waals surface area contributed by atoms with E-state index < -0.39 is 21.5 Å². The largest absolute Gasteiger partial charge is 0.492 e. The van der Waals surface area contributed by atoms with Gasteiger partial charge in [0.15, 0.2) is 0 Å². The fourth-order valence-corrected chi connectivity index (χ4v) is 5.43. The van der Waals surface area contributed by atoms with Crippen molar-refractivity contribution in [3.63, 3.8) is 0 Å². The summed E-state index contributed by atoms with van der Waals surface area (Å²) in [5, 5.41) is 3.33. The van der Waals surface area contributed by atoms with E-state index in [1.54, 1.807) is 37.3 Å². The van der Waals surface area contributed by atoms with Gasteiger partial charge in [0.1, 0.15) is 5.75 Å². The number of pyridine rings is 1. The molecule has 1 fully saturated rings. The topological polar surface area (TPSA) is 109 Å². The first-order chi connectivity index (χ1) is 15.4. The van der Waals surface area contributed by atoms with Crippen LogP contribution in [-0.2, 0) is 10.0 Å². The van der Waals surface area contributed by atoms with E-state index in [9.17, 15) is 18.0 Å². The number of fused-ring (bicyclic) bond motifs is 1. The monoisotopic (exact) mass is 455 g/mol. The summed E-state index contributed by atoms with van der Waals surface area (Å²) in [6.07, 6.45) is 2.67. The lowest BCUT2D eigenvalue weighted by Gasteiger charge is -2.26. The molecule has 0 radical (unpaired) electrons. The van der Waals surface area contributed by atoms with Crippen molar-refractivity contribution in [1.82, 2.24) is 9.29 Å². The summed E-state index contributed by atoms with van der Waals surface area (Å²) in [4.78, 5) is 28.0. The van der Waals surface area contributed by atoms with Gasteiger partial charge in [0.05, 0.1) is 22.8 Å². The second-order valence-electron chi connectivity index (χ2n) is 7.60. The highest BCUT2D eigenvalue weighted by molar-refractivity contribution is 7.89. The SMILES string of the molecule is CCOc1ccc(S(=O)(=O)N2CCCCC2)cc1NC(=O)c1cc(=O)[nH]c2ccccc12. The number of sulfonamides is 1. The molecule has 1 aromatic heterocycles. The van der Waals surface area contributed by atoms with Crippen LogP contribution in [0.15, 0.2) is 58.2 Å². The maximum Gasteiger partial charge on any atom is 0.256 e. The zero-order chi connectivity index (χ0) is 22.7. The quantitative estimate of drug-likeness (QED) is 0.593. The molecule has 2 N–H and O–H groups in total. The summed E-state index contributed by atoms with van der Waals surface area (Å²) >= 11 is 0. The number of carbonyl (C=O) groups excluding carboxylic acids is 1. The first kappa shape index (κ1) is 22.0. The van der Waals surface area contributed by atoms with Crippen molar-refractivity contribution in [2.45, 2.75) is 31.1 Å². The Labute approximate surface area is 186 Å². The van der Waals surface area contributed by atoms with Crippen LogP contribution in [0.4, 0.5) is 5.69 Å². The minimum atomic E-state index is -3.69. The second-order valence-corrected chi connectivity index (χ2v) is 9.54. The summed E-state index contributed by atoms with van der Waals surface area (Å²) < 4.78 is 33.3. The highest BCUT2D eigenvalue weighted by Gasteiger charge is 2.27. The Bertz CT molecular complexity index is 1310. The number of para-hydroxylation sites is 1. The average Bonchev–Trinajstić information content (AvgIpc) is 2.80. The average molecular weight is 456 g/mol. The number of anilines is 1. The molecule has 0 bridgehead atoms. The number of H-pyrrole nitrogens is 1. The predicted octanol–water partition coefficient (Wildman–Crippen LogP) is 3.35. The van der Waals surface area contributed by atoms with Crippen molar-refractivity contribution < 1.29 is 17.9 Å². The van der Waals surface area contributed by atoms with Crippen molar-refractivity contribution in [1.29, 1.82) is 0 Å². The van der Waals surface area contributed by atoms with E-state index in [-0.39, 0.29) is 16.1 Å². The summed E-state index contributed by atoms with van der Waals surface area (Å²) in [6.45, 7) is 3.11. The molecule has 168 valence electrons. The molecule has 0 saturated carbocycles. The van der Waals surface area contributed by atoms with E-state index in [0.29, 0.717) is 36.3 Å². The second kappa shape index (κ2) is 9.13. The Balaban J connectivity index is 1.72.